The maximum absolute atomic E-state index is 13.6. The number of hydrogen-bond acceptors (Lipinski definition) is 5. The molecule has 0 unspecified atom stereocenters. The predicted molar refractivity (Wildman–Crippen MR) is 125 cm³/mol. The van der Waals surface area contributed by atoms with Gasteiger partial charge >= 0.3 is 0 Å². The highest BCUT2D eigenvalue weighted by molar-refractivity contribution is 6.46. The average Bonchev–Trinajstić information content (AvgIpc) is 3.05. The van der Waals surface area contributed by atoms with Crippen LogP contribution in [0.5, 0.6) is 11.5 Å². The van der Waals surface area contributed by atoms with E-state index in [1.165, 1.54) is 12.0 Å². The summed E-state index contributed by atoms with van der Waals surface area (Å²) in [6.45, 7) is 3.94. The van der Waals surface area contributed by atoms with E-state index in [0.717, 1.165) is 11.1 Å². The minimum atomic E-state index is -0.429. The lowest BCUT2D eigenvalue weighted by molar-refractivity contribution is -0.120. The Kier molecular flexibility index (Phi) is 5.69. The van der Waals surface area contributed by atoms with Crippen LogP contribution in [0.4, 0.5) is 11.4 Å². The normalized spacial score (nSPS) is 13.6. The first kappa shape index (κ1) is 21.2. The summed E-state index contributed by atoms with van der Waals surface area (Å²) in [5.74, 6) is 0.308. The number of methoxy groups -OCH3 is 2. The Labute approximate surface area is 187 Å². The Hall–Kier alpha value is -4.06. The number of hydrogen-bond donors (Lipinski definition) is 1. The molecule has 3 aromatic rings. The minimum absolute atomic E-state index is 0.186. The van der Waals surface area contributed by atoms with Gasteiger partial charge in [-0.1, -0.05) is 30.3 Å². The first-order valence-corrected chi connectivity index (χ1v) is 10.2. The van der Waals surface area contributed by atoms with Gasteiger partial charge in [0.05, 0.1) is 25.5 Å². The molecule has 162 valence electrons. The molecule has 0 bridgehead atoms. The number of carbonyl (C=O) groups excluding carboxylic acids is 2. The molecule has 0 radical (unpaired) electrons. The zero-order valence-electron chi connectivity index (χ0n) is 18.4. The van der Waals surface area contributed by atoms with Crippen molar-refractivity contribution < 1.29 is 19.1 Å². The fourth-order valence-corrected chi connectivity index (χ4v) is 3.69. The molecule has 1 heterocycles. The van der Waals surface area contributed by atoms with Gasteiger partial charge in [0.15, 0.2) is 0 Å². The van der Waals surface area contributed by atoms with E-state index in [2.05, 4.69) is 5.32 Å². The Morgan fingerprint density at radius 3 is 2.28 bits per heavy atom. The van der Waals surface area contributed by atoms with E-state index < -0.39 is 11.8 Å². The number of amides is 2. The smallest absolute Gasteiger partial charge is 0.282 e. The van der Waals surface area contributed by atoms with Gasteiger partial charge in [-0.2, -0.15) is 0 Å². The zero-order valence-corrected chi connectivity index (χ0v) is 18.4. The fraction of sp³-hybridized carbons (Fsp3) is 0.154. The van der Waals surface area contributed by atoms with E-state index in [0.29, 0.717) is 28.4 Å². The van der Waals surface area contributed by atoms with Crippen LogP contribution in [0.2, 0.25) is 0 Å². The van der Waals surface area contributed by atoms with Crippen LogP contribution >= 0.6 is 0 Å². The van der Waals surface area contributed by atoms with Gasteiger partial charge in [-0.15, -0.1) is 0 Å². The van der Waals surface area contributed by atoms with Gasteiger partial charge in [0.1, 0.15) is 17.2 Å². The fourth-order valence-electron chi connectivity index (χ4n) is 3.69. The molecule has 6 heteroatoms. The topological polar surface area (TPSA) is 67.9 Å². The molecular formula is C26H24N2O4. The predicted octanol–water partition coefficient (Wildman–Crippen LogP) is 4.72. The number of imide groups is 1. The molecule has 6 nitrogen and oxygen atoms in total. The van der Waals surface area contributed by atoms with Crippen molar-refractivity contribution in [2.45, 2.75) is 13.8 Å². The summed E-state index contributed by atoms with van der Waals surface area (Å²) in [6.07, 6.45) is 0. The van der Waals surface area contributed by atoms with Gasteiger partial charge in [-0.05, 0) is 55.3 Å². The van der Waals surface area contributed by atoms with Crippen molar-refractivity contribution in [3.8, 4) is 11.5 Å². The monoisotopic (exact) mass is 428 g/mol. The Morgan fingerprint density at radius 2 is 1.56 bits per heavy atom. The van der Waals surface area contributed by atoms with Gasteiger partial charge in [-0.3, -0.25) is 9.59 Å². The Morgan fingerprint density at radius 1 is 0.781 bits per heavy atom. The third kappa shape index (κ3) is 3.71. The van der Waals surface area contributed by atoms with Crippen LogP contribution in [0, 0.1) is 13.8 Å². The van der Waals surface area contributed by atoms with E-state index >= 15 is 0 Å². The standard InChI is InChI=1S/C26H24N2O4/c1-16-12-13-19(14-17(16)2)28-25(29)23(21-10-5-6-11-22(21)32-4)24(26(28)30)27-18-8-7-9-20(15-18)31-3/h5-15,27H,1-4H3. The highest BCUT2D eigenvalue weighted by atomic mass is 16.5. The molecule has 0 fully saturated rings. The summed E-state index contributed by atoms with van der Waals surface area (Å²) in [6, 6.07) is 19.9. The van der Waals surface area contributed by atoms with Crippen molar-refractivity contribution in [3.05, 3.63) is 89.1 Å². The molecule has 3 aromatic carbocycles. The third-order valence-electron chi connectivity index (χ3n) is 5.55. The Bertz CT molecular complexity index is 1250. The number of ether oxygens (including phenoxy) is 2. The molecule has 1 N–H and O–H groups in total. The molecule has 2 amide bonds. The number of nitrogens with one attached hydrogen (secondary N) is 1. The molecule has 1 aliphatic rings. The first-order chi connectivity index (χ1) is 15.4. The summed E-state index contributed by atoms with van der Waals surface area (Å²) in [7, 11) is 3.11. The molecule has 4 rings (SSSR count). The number of nitrogens with zero attached hydrogens (tertiary/aromatic N) is 1. The first-order valence-electron chi connectivity index (χ1n) is 10.2. The van der Waals surface area contributed by atoms with Crippen molar-refractivity contribution in [2.75, 3.05) is 24.4 Å². The number of aryl methyl sites for hydroxylation is 2. The van der Waals surface area contributed by atoms with Crippen LogP contribution in [-0.4, -0.2) is 26.0 Å². The minimum Gasteiger partial charge on any atom is -0.497 e. The second kappa shape index (κ2) is 8.59. The lowest BCUT2D eigenvalue weighted by atomic mass is 10.0. The molecule has 1 aliphatic heterocycles. The van der Waals surface area contributed by atoms with Gasteiger partial charge < -0.3 is 14.8 Å². The third-order valence-corrected chi connectivity index (χ3v) is 5.55. The SMILES string of the molecule is COc1cccc(NC2=C(c3ccccc3OC)C(=O)N(c3ccc(C)c(C)c3)C2=O)c1. The summed E-state index contributed by atoms with van der Waals surface area (Å²) in [4.78, 5) is 28.4. The number of rotatable bonds is 6. The molecule has 0 aromatic heterocycles. The van der Waals surface area contributed by atoms with Crippen molar-refractivity contribution in [1.29, 1.82) is 0 Å². The number of carbonyl (C=O) groups is 2. The van der Waals surface area contributed by atoms with Crippen molar-refractivity contribution >= 4 is 28.8 Å². The lowest BCUT2D eigenvalue weighted by Gasteiger charge is -2.17. The van der Waals surface area contributed by atoms with E-state index in [1.807, 2.05) is 56.3 Å². The van der Waals surface area contributed by atoms with Crippen LogP contribution in [0.25, 0.3) is 5.57 Å². The van der Waals surface area contributed by atoms with Crippen LogP contribution in [-0.2, 0) is 9.59 Å². The summed E-state index contributed by atoms with van der Waals surface area (Å²) in [5, 5.41) is 3.15. The average molecular weight is 428 g/mol. The summed E-state index contributed by atoms with van der Waals surface area (Å²) < 4.78 is 10.8. The molecule has 0 saturated carbocycles. The van der Waals surface area contributed by atoms with Crippen molar-refractivity contribution in [1.82, 2.24) is 0 Å². The second-order valence-corrected chi connectivity index (χ2v) is 7.52. The highest BCUT2D eigenvalue weighted by Gasteiger charge is 2.41. The second-order valence-electron chi connectivity index (χ2n) is 7.52. The van der Waals surface area contributed by atoms with E-state index in [9.17, 15) is 9.59 Å². The van der Waals surface area contributed by atoms with E-state index in [1.54, 1.807) is 31.4 Å². The van der Waals surface area contributed by atoms with Crippen molar-refractivity contribution in [2.24, 2.45) is 0 Å². The van der Waals surface area contributed by atoms with Gasteiger partial charge in [0.2, 0.25) is 0 Å². The lowest BCUT2D eigenvalue weighted by Crippen LogP contribution is -2.32. The maximum Gasteiger partial charge on any atom is 0.282 e. The number of para-hydroxylation sites is 1. The number of benzene rings is 3. The maximum atomic E-state index is 13.6. The largest absolute Gasteiger partial charge is 0.497 e. The molecule has 32 heavy (non-hydrogen) atoms. The van der Waals surface area contributed by atoms with Crippen LogP contribution in [0.3, 0.4) is 0 Å². The van der Waals surface area contributed by atoms with Crippen molar-refractivity contribution in [3.63, 3.8) is 0 Å². The van der Waals surface area contributed by atoms with Crippen LogP contribution in [0.1, 0.15) is 16.7 Å². The van der Waals surface area contributed by atoms with E-state index in [-0.39, 0.29) is 11.3 Å². The molecule has 0 saturated heterocycles. The quantitative estimate of drug-likeness (QED) is 0.576. The zero-order chi connectivity index (χ0) is 22.8. The summed E-state index contributed by atoms with van der Waals surface area (Å²) >= 11 is 0. The van der Waals surface area contributed by atoms with Gasteiger partial charge in [0, 0.05) is 17.3 Å². The molecule has 0 spiro atoms. The highest BCUT2D eigenvalue weighted by Crippen LogP contribution is 2.38. The molecule has 0 atom stereocenters. The number of anilines is 2. The van der Waals surface area contributed by atoms with Crippen LogP contribution < -0.4 is 19.7 Å². The van der Waals surface area contributed by atoms with E-state index in [4.69, 9.17) is 9.47 Å². The Balaban J connectivity index is 1.86. The van der Waals surface area contributed by atoms with Gasteiger partial charge in [-0.25, -0.2) is 4.90 Å². The molecular weight excluding hydrogens is 404 g/mol. The van der Waals surface area contributed by atoms with Gasteiger partial charge in [0.25, 0.3) is 11.8 Å². The molecule has 0 aliphatic carbocycles. The van der Waals surface area contributed by atoms with Crippen LogP contribution in [0.15, 0.2) is 72.4 Å². The summed E-state index contributed by atoms with van der Waals surface area (Å²) in [5.41, 5.74) is 4.23.